The van der Waals surface area contributed by atoms with Gasteiger partial charge in [0.2, 0.25) is 6.79 Å². The zero-order valence-electron chi connectivity index (χ0n) is 8.07. The maximum Gasteiger partial charge on any atom is 0.231 e. The summed E-state index contributed by atoms with van der Waals surface area (Å²) >= 11 is 10.2. The van der Waals surface area contributed by atoms with E-state index in [-0.39, 0.29) is 6.79 Å². The van der Waals surface area contributed by atoms with E-state index in [2.05, 4.69) is 12.6 Å². The Morgan fingerprint density at radius 1 is 1.33 bits per heavy atom. The Hall–Kier alpha value is -0.800. The summed E-state index contributed by atoms with van der Waals surface area (Å²) in [6.45, 7) is 0.273. The largest absolute Gasteiger partial charge is 0.454 e. The molecule has 0 aliphatic carbocycles. The number of rotatable bonds is 3. The fourth-order valence-electron chi connectivity index (χ4n) is 1.35. The number of ether oxygens (including phenoxy) is 2. The molecule has 15 heavy (non-hydrogen) atoms. The summed E-state index contributed by atoms with van der Waals surface area (Å²) in [5, 5.41) is 0.676. The van der Waals surface area contributed by atoms with Gasteiger partial charge < -0.3 is 9.47 Å². The van der Waals surface area contributed by atoms with Gasteiger partial charge in [0.25, 0.3) is 0 Å². The molecule has 1 aromatic rings. The average molecular weight is 243 g/mol. The summed E-state index contributed by atoms with van der Waals surface area (Å²) in [5.41, 5.74) is 0.947. The zero-order valence-corrected chi connectivity index (χ0v) is 9.72. The van der Waals surface area contributed by atoms with Crippen LogP contribution in [0.15, 0.2) is 18.2 Å². The van der Waals surface area contributed by atoms with Crippen molar-refractivity contribution in [2.75, 3.05) is 12.5 Å². The second kappa shape index (κ2) is 4.81. The van der Waals surface area contributed by atoms with E-state index in [4.69, 9.17) is 21.1 Å². The van der Waals surface area contributed by atoms with Gasteiger partial charge in [-0.1, -0.05) is 23.8 Å². The molecule has 1 heterocycles. The first-order valence-electron chi connectivity index (χ1n) is 4.68. The molecule has 0 saturated carbocycles. The highest BCUT2D eigenvalue weighted by molar-refractivity contribution is 7.80. The molecule has 1 aliphatic heterocycles. The molecule has 0 unspecified atom stereocenters. The summed E-state index contributed by atoms with van der Waals surface area (Å²) in [6.07, 6.45) is 4.94. The van der Waals surface area contributed by atoms with Gasteiger partial charge in [-0.2, -0.15) is 12.6 Å². The van der Waals surface area contributed by atoms with Gasteiger partial charge in [-0.15, -0.1) is 0 Å². The Bertz CT molecular complexity index is 390. The van der Waals surface area contributed by atoms with E-state index in [1.54, 1.807) is 6.07 Å². The summed E-state index contributed by atoms with van der Waals surface area (Å²) in [4.78, 5) is 0. The van der Waals surface area contributed by atoms with Crippen molar-refractivity contribution in [1.29, 1.82) is 0 Å². The number of hydrogen-bond donors (Lipinski definition) is 1. The summed E-state index contributed by atoms with van der Waals surface area (Å²) < 4.78 is 10.5. The molecule has 0 amide bonds. The molecular weight excluding hydrogens is 232 g/mol. The van der Waals surface area contributed by atoms with Crippen LogP contribution in [0.2, 0.25) is 5.02 Å². The standard InChI is InChI=1S/C11H11ClO2S/c12-9-6-11-10(13-7-14-11)5-8(9)3-1-2-4-15/h1,3,5-6,15H,2,4,7H2. The van der Waals surface area contributed by atoms with Gasteiger partial charge in [-0.05, 0) is 23.8 Å². The van der Waals surface area contributed by atoms with Crippen molar-refractivity contribution >= 4 is 30.3 Å². The summed E-state index contributed by atoms with van der Waals surface area (Å²) in [5.74, 6) is 2.30. The highest BCUT2D eigenvalue weighted by Crippen LogP contribution is 2.37. The molecule has 1 aromatic carbocycles. The molecule has 0 bridgehead atoms. The fraction of sp³-hybridized carbons (Fsp3) is 0.273. The van der Waals surface area contributed by atoms with Crippen molar-refractivity contribution < 1.29 is 9.47 Å². The maximum absolute atomic E-state index is 6.08. The van der Waals surface area contributed by atoms with E-state index in [1.165, 1.54) is 0 Å². The fourth-order valence-corrected chi connectivity index (χ4v) is 1.71. The monoisotopic (exact) mass is 242 g/mol. The molecule has 2 nitrogen and oxygen atoms in total. The van der Waals surface area contributed by atoms with E-state index < -0.39 is 0 Å². The number of allylic oxidation sites excluding steroid dienone is 1. The first-order chi connectivity index (χ1) is 7.31. The first kappa shape index (κ1) is 10.7. The van der Waals surface area contributed by atoms with Crippen molar-refractivity contribution in [2.24, 2.45) is 0 Å². The highest BCUT2D eigenvalue weighted by atomic mass is 35.5. The third kappa shape index (κ3) is 2.41. The van der Waals surface area contributed by atoms with Crippen LogP contribution in [0.4, 0.5) is 0 Å². The van der Waals surface area contributed by atoms with Gasteiger partial charge in [0.1, 0.15) is 0 Å². The van der Waals surface area contributed by atoms with Crippen molar-refractivity contribution in [3.8, 4) is 11.5 Å². The number of fused-ring (bicyclic) bond motifs is 1. The van der Waals surface area contributed by atoms with E-state index in [9.17, 15) is 0 Å². The Labute approximate surface area is 99.2 Å². The molecule has 1 aliphatic rings. The van der Waals surface area contributed by atoms with Crippen LogP contribution in [0.5, 0.6) is 11.5 Å². The topological polar surface area (TPSA) is 18.5 Å². The Kier molecular flexibility index (Phi) is 3.44. The van der Waals surface area contributed by atoms with Crippen molar-refractivity contribution in [2.45, 2.75) is 6.42 Å². The van der Waals surface area contributed by atoms with Gasteiger partial charge in [0.05, 0.1) is 5.02 Å². The summed E-state index contributed by atoms with van der Waals surface area (Å²) in [6, 6.07) is 3.67. The lowest BCUT2D eigenvalue weighted by atomic mass is 10.2. The predicted molar refractivity (Wildman–Crippen MR) is 65.1 cm³/mol. The van der Waals surface area contributed by atoms with Crippen LogP contribution >= 0.6 is 24.2 Å². The molecule has 0 radical (unpaired) electrons. The van der Waals surface area contributed by atoms with Crippen LogP contribution in [0, 0.1) is 0 Å². The SMILES string of the molecule is SCCC=Cc1cc2c(cc1Cl)OCO2. The molecule has 0 spiro atoms. The Balaban J connectivity index is 2.24. The van der Waals surface area contributed by atoms with Crippen molar-refractivity contribution in [3.63, 3.8) is 0 Å². The number of thiol groups is 1. The minimum Gasteiger partial charge on any atom is -0.454 e. The number of hydrogen-bond acceptors (Lipinski definition) is 3. The number of benzene rings is 1. The molecular formula is C11H11ClO2S. The van der Waals surface area contributed by atoms with Crippen LogP contribution in [-0.4, -0.2) is 12.5 Å². The van der Waals surface area contributed by atoms with Gasteiger partial charge >= 0.3 is 0 Å². The molecule has 4 heteroatoms. The average Bonchev–Trinajstić information content (AvgIpc) is 2.65. The van der Waals surface area contributed by atoms with Crippen LogP contribution < -0.4 is 9.47 Å². The Morgan fingerprint density at radius 3 is 2.80 bits per heavy atom. The van der Waals surface area contributed by atoms with E-state index >= 15 is 0 Å². The lowest BCUT2D eigenvalue weighted by Gasteiger charge is -2.01. The van der Waals surface area contributed by atoms with Crippen LogP contribution in [-0.2, 0) is 0 Å². The first-order valence-corrected chi connectivity index (χ1v) is 5.69. The molecule has 80 valence electrons. The zero-order chi connectivity index (χ0) is 10.7. The third-order valence-corrected chi connectivity index (χ3v) is 2.67. The lowest BCUT2D eigenvalue weighted by molar-refractivity contribution is 0.174. The quantitative estimate of drug-likeness (QED) is 0.819. The molecule has 0 N–H and O–H groups in total. The van der Waals surface area contributed by atoms with E-state index in [1.807, 2.05) is 18.2 Å². The molecule has 0 aromatic heterocycles. The molecule has 2 rings (SSSR count). The molecule has 0 saturated heterocycles. The van der Waals surface area contributed by atoms with Gasteiger partial charge in [0.15, 0.2) is 11.5 Å². The molecule has 0 atom stereocenters. The van der Waals surface area contributed by atoms with E-state index in [0.29, 0.717) is 10.8 Å². The van der Waals surface area contributed by atoms with Crippen molar-refractivity contribution in [1.82, 2.24) is 0 Å². The highest BCUT2D eigenvalue weighted by Gasteiger charge is 2.15. The van der Waals surface area contributed by atoms with Crippen LogP contribution in [0.25, 0.3) is 6.08 Å². The second-order valence-electron chi connectivity index (χ2n) is 3.14. The smallest absolute Gasteiger partial charge is 0.231 e. The van der Waals surface area contributed by atoms with Gasteiger partial charge in [-0.3, -0.25) is 0 Å². The van der Waals surface area contributed by atoms with Gasteiger partial charge in [0, 0.05) is 6.07 Å². The summed E-state index contributed by atoms with van der Waals surface area (Å²) in [7, 11) is 0. The normalized spacial score (nSPS) is 13.7. The predicted octanol–water partition coefficient (Wildman–Crippen LogP) is 3.40. The maximum atomic E-state index is 6.08. The minimum absolute atomic E-state index is 0.273. The Morgan fingerprint density at radius 2 is 2.07 bits per heavy atom. The molecule has 0 fully saturated rings. The minimum atomic E-state index is 0.273. The van der Waals surface area contributed by atoms with Gasteiger partial charge in [-0.25, -0.2) is 0 Å². The number of halogens is 1. The van der Waals surface area contributed by atoms with Crippen molar-refractivity contribution in [3.05, 3.63) is 28.8 Å². The van der Waals surface area contributed by atoms with E-state index in [0.717, 1.165) is 23.5 Å². The lowest BCUT2D eigenvalue weighted by Crippen LogP contribution is -1.92. The van der Waals surface area contributed by atoms with Crippen LogP contribution in [0.3, 0.4) is 0 Å². The third-order valence-electron chi connectivity index (χ3n) is 2.09. The second-order valence-corrected chi connectivity index (χ2v) is 4.00. The van der Waals surface area contributed by atoms with Crippen LogP contribution in [0.1, 0.15) is 12.0 Å².